The van der Waals surface area contributed by atoms with Crippen LogP contribution in [0.25, 0.3) is 22.2 Å². The molecule has 2 aromatic heterocycles. The Hall–Kier alpha value is -2.16. The van der Waals surface area contributed by atoms with E-state index in [2.05, 4.69) is 47.2 Å². The molecule has 0 aliphatic rings. The molecule has 0 aliphatic heterocycles. The zero-order valence-corrected chi connectivity index (χ0v) is 9.86. The number of nitrogens with one attached hydrogen (secondary N) is 1. The average molecular weight is 223 g/mol. The molecule has 1 aromatic carbocycles. The topological polar surface area (TPSA) is 41.6 Å². The van der Waals surface area contributed by atoms with Gasteiger partial charge in [-0.1, -0.05) is 6.07 Å². The van der Waals surface area contributed by atoms with Crippen LogP contribution in [-0.2, 0) is 0 Å². The van der Waals surface area contributed by atoms with Crippen molar-refractivity contribution in [2.24, 2.45) is 0 Å². The van der Waals surface area contributed by atoms with Crippen LogP contribution in [0.1, 0.15) is 11.1 Å². The van der Waals surface area contributed by atoms with Crippen LogP contribution in [0, 0.1) is 13.8 Å². The number of hydrogen-bond acceptors (Lipinski definition) is 2. The Morgan fingerprint density at radius 3 is 2.82 bits per heavy atom. The van der Waals surface area contributed by atoms with Gasteiger partial charge in [0.05, 0.1) is 17.4 Å². The van der Waals surface area contributed by atoms with Gasteiger partial charge in [-0.3, -0.25) is 10.1 Å². The molecule has 0 spiro atoms. The minimum Gasteiger partial charge on any atom is -0.278 e. The molecule has 0 unspecified atom stereocenters. The van der Waals surface area contributed by atoms with E-state index in [0.29, 0.717) is 0 Å². The molecule has 0 saturated heterocycles. The van der Waals surface area contributed by atoms with Crippen molar-refractivity contribution in [2.75, 3.05) is 0 Å². The fraction of sp³-hybridized carbons (Fsp3) is 0.143. The third kappa shape index (κ3) is 1.60. The summed E-state index contributed by atoms with van der Waals surface area (Å²) in [5.41, 5.74) is 5.70. The second kappa shape index (κ2) is 3.70. The van der Waals surface area contributed by atoms with Gasteiger partial charge in [0.2, 0.25) is 0 Å². The van der Waals surface area contributed by atoms with Gasteiger partial charge in [0, 0.05) is 17.1 Å². The van der Waals surface area contributed by atoms with E-state index in [-0.39, 0.29) is 0 Å². The summed E-state index contributed by atoms with van der Waals surface area (Å²) in [6.45, 7) is 4.19. The summed E-state index contributed by atoms with van der Waals surface area (Å²) in [7, 11) is 0. The highest BCUT2D eigenvalue weighted by molar-refractivity contribution is 5.88. The molecule has 0 radical (unpaired) electrons. The standard InChI is InChI=1S/C14H13N3/c1-9-5-6-15-14(7-9)11-3-4-13-12(10(11)2)8-16-17-13/h3-8H,1-2H3,(H,16,17). The predicted octanol–water partition coefficient (Wildman–Crippen LogP) is 3.24. The van der Waals surface area contributed by atoms with Crippen LogP contribution in [0.15, 0.2) is 36.7 Å². The maximum absolute atomic E-state index is 4.43. The first-order valence-corrected chi connectivity index (χ1v) is 5.61. The molecule has 0 bridgehead atoms. The zero-order chi connectivity index (χ0) is 11.8. The van der Waals surface area contributed by atoms with Crippen LogP contribution in [0.3, 0.4) is 0 Å². The molecule has 3 nitrogen and oxygen atoms in total. The zero-order valence-electron chi connectivity index (χ0n) is 9.86. The van der Waals surface area contributed by atoms with E-state index in [9.17, 15) is 0 Å². The van der Waals surface area contributed by atoms with Crippen molar-refractivity contribution in [3.8, 4) is 11.3 Å². The summed E-state index contributed by atoms with van der Waals surface area (Å²) in [5.74, 6) is 0. The third-order valence-corrected chi connectivity index (χ3v) is 3.08. The minimum absolute atomic E-state index is 1.02. The van der Waals surface area contributed by atoms with E-state index in [1.165, 1.54) is 16.7 Å². The molecule has 2 heterocycles. The Morgan fingerprint density at radius 2 is 2.00 bits per heavy atom. The summed E-state index contributed by atoms with van der Waals surface area (Å²) >= 11 is 0. The number of pyridine rings is 1. The molecule has 0 saturated carbocycles. The lowest BCUT2D eigenvalue weighted by atomic mass is 10.0. The monoisotopic (exact) mass is 223 g/mol. The maximum atomic E-state index is 4.43. The van der Waals surface area contributed by atoms with Gasteiger partial charge in [0.25, 0.3) is 0 Å². The number of hydrogen-bond donors (Lipinski definition) is 1. The van der Waals surface area contributed by atoms with Crippen molar-refractivity contribution in [1.82, 2.24) is 15.2 Å². The summed E-state index contributed by atoms with van der Waals surface area (Å²) in [5, 5.41) is 8.21. The second-order valence-corrected chi connectivity index (χ2v) is 4.29. The van der Waals surface area contributed by atoms with Gasteiger partial charge < -0.3 is 0 Å². The van der Waals surface area contributed by atoms with E-state index >= 15 is 0 Å². The van der Waals surface area contributed by atoms with Crippen molar-refractivity contribution in [1.29, 1.82) is 0 Å². The van der Waals surface area contributed by atoms with Crippen LogP contribution in [0.2, 0.25) is 0 Å². The Balaban J connectivity index is 2.27. The van der Waals surface area contributed by atoms with Crippen LogP contribution >= 0.6 is 0 Å². The van der Waals surface area contributed by atoms with Gasteiger partial charge in [-0.25, -0.2) is 0 Å². The van der Waals surface area contributed by atoms with E-state index in [4.69, 9.17) is 0 Å². The summed E-state index contributed by atoms with van der Waals surface area (Å²) in [6.07, 6.45) is 3.72. The van der Waals surface area contributed by atoms with E-state index in [1.807, 2.05) is 18.5 Å². The number of fused-ring (bicyclic) bond motifs is 1. The number of H-pyrrole nitrogens is 1. The molecule has 0 amide bonds. The van der Waals surface area contributed by atoms with Crippen molar-refractivity contribution in [3.05, 3.63) is 47.8 Å². The second-order valence-electron chi connectivity index (χ2n) is 4.29. The first-order valence-electron chi connectivity index (χ1n) is 5.61. The molecule has 84 valence electrons. The Labute approximate surface area is 99.5 Å². The lowest BCUT2D eigenvalue weighted by Crippen LogP contribution is -1.88. The van der Waals surface area contributed by atoms with Crippen LogP contribution in [-0.4, -0.2) is 15.2 Å². The largest absolute Gasteiger partial charge is 0.278 e. The van der Waals surface area contributed by atoms with Gasteiger partial charge in [-0.2, -0.15) is 5.10 Å². The number of aryl methyl sites for hydroxylation is 2. The molecule has 17 heavy (non-hydrogen) atoms. The minimum atomic E-state index is 1.02. The van der Waals surface area contributed by atoms with Gasteiger partial charge in [0.15, 0.2) is 0 Å². The Morgan fingerprint density at radius 1 is 1.12 bits per heavy atom. The first-order chi connectivity index (χ1) is 8.25. The van der Waals surface area contributed by atoms with Crippen LogP contribution in [0.5, 0.6) is 0 Å². The Bertz CT molecular complexity index is 683. The van der Waals surface area contributed by atoms with E-state index < -0.39 is 0 Å². The van der Waals surface area contributed by atoms with Crippen molar-refractivity contribution < 1.29 is 0 Å². The van der Waals surface area contributed by atoms with Crippen molar-refractivity contribution in [2.45, 2.75) is 13.8 Å². The van der Waals surface area contributed by atoms with Crippen LogP contribution < -0.4 is 0 Å². The molecule has 3 aromatic rings. The van der Waals surface area contributed by atoms with E-state index in [1.54, 1.807) is 0 Å². The Kier molecular flexibility index (Phi) is 2.18. The molecule has 3 rings (SSSR count). The molecule has 0 fully saturated rings. The normalized spacial score (nSPS) is 10.9. The average Bonchev–Trinajstić information content (AvgIpc) is 2.78. The third-order valence-electron chi connectivity index (χ3n) is 3.08. The molecular weight excluding hydrogens is 210 g/mol. The number of aromatic nitrogens is 3. The molecule has 3 heteroatoms. The van der Waals surface area contributed by atoms with Gasteiger partial charge in [0.1, 0.15) is 0 Å². The number of rotatable bonds is 1. The lowest BCUT2D eigenvalue weighted by Gasteiger charge is -2.06. The van der Waals surface area contributed by atoms with E-state index in [0.717, 1.165) is 16.6 Å². The molecular formula is C14H13N3. The highest BCUT2D eigenvalue weighted by Crippen LogP contribution is 2.27. The molecule has 0 aliphatic carbocycles. The SMILES string of the molecule is Cc1ccnc(-c2ccc3[nH]ncc3c2C)c1. The number of aromatic amines is 1. The predicted molar refractivity (Wildman–Crippen MR) is 68.8 cm³/mol. The van der Waals surface area contributed by atoms with Gasteiger partial charge >= 0.3 is 0 Å². The van der Waals surface area contributed by atoms with Crippen LogP contribution in [0.4, 0.5) is 0 Å². The summed E-state index contributed by atoms with van der Waals surface area (Å²) in [6, 6.07) is 8.26. The number of benzene rings is 1. The highest BCUT2D eigenvalue weighted by atomic mass is 15.1. The smallest absolute Gasteiger partial charge is 0.0707 e. The molecule has 1 N–H and O–H groups in total. The summed E-state index contributed by atoms with van der Waals surface area (Å²) in [4.78, 5) is 4.43. The fourth-order valence-corrected chi connectivity index (χ4v) is 2.12. The quantitative estimate of drug-likeness (QED) is 0.688. The van der Waals surface area contributed by atoms with Crippen molar-refractivity contribution in [3.63, 3.8) is 0 Å². The number of nitrogens with zero attached hydrogens (tertiary/aromatic N) is 2. The van der Waals surface area contributed by atoms with Gasteiger partial charge in [-0.15, -0.1) is 0 Å². The fourth-order valence-electron chi connectivity index (χ4n) is 2.12. The molecule has 0 atom stereocenters. The summed E-state index contributed by atoms with van der Waals surface area (Å²) < 4.78 is 0. The van der Waals surface area contributed by atoms with Gasteiger partial charge in [-0.05, 0) is 43.2 Å². The highest BCUT2D eigenvalue weighted by Gasteiger charge is 2.07. The lowest BCUT2D eigenvalue weighted by molar-refractivity contribution is 1.12. The van der Waals surface area contributed by atoms with Crippen molar-refractivity contribution >= 4 is 10.9 Å². The first kappa shape index (κ1) is 10.0. The maximum Gasteiger partial charge on any atom is 0.0707 e.